The number of hydrogen-bond acceptors (Lipinski definition) is 0. The quantitative estimate of drug-likeness (QED) is 0.310. The van der Waals surface area contributed by atoms with Crippen LogP contribution in [0.1, 0.15) is 0 Å². The second-order valence-corrected chi connectivity index (χ2v) is 14.3. The molecule has 4 rings (SSSR count). The van der Waals surface area contributed by atoms with E-state index in [-0.39, 0.29) is 0 Å². The Kier molecular flexibility index (Phi) is 6.52. The van der Waals surface area contributed by atoms with Gasteiger partial charge in [-0.3, -0.25) is 0 Å². The second kappa shape index (κ2) is 9.66. The predicted octanol–water partition coefficient (Wildman–Crippen LogP) is 2.69. The first kappa shape index (κ1) is 18.9. The van der Waals surface area contributed by atoms with Crippen LogP contribution in [-0.4, -0.2) is 29.3 Å². The Balaban J connectivity index is 1.78. The molecule has 0 radical (unpaired) electrons. The molecule has 0 heterocycles. The van der Waals surface area contributed by atoms with Crippen LogP contribution in [0.3, 0.4) is 0 Å². The fourth-order valence-corrected chi connectivity index (χ4v) is 11.8. The molecule has 28 heavy (non-hydrogen) atoms. The average Bonchev–Trinajstić information content (AvgIpc) is 2.79. The maximum atomic E-state index is 3.81. The molecule has 0 atom stereocenters. The minimum absolute atomic E-state index is 1.39. The Bertz CT molecular complexity index is 884. The van der Waals surface area contributed by atoms with Gasteiger partial charge in [0.25, 0.3) is 0 Å². The van der Waals surface area contributed by atoms with Gasteiger partial charge in [0.2, 0.25) is 0 Å². The summed E-state index contributed by atoms with van der Waals surface area (Å²) < 4.78 is 13.2. The van der Waals surface area contributed by atoms with Crippen LogP contribution in [0, 0.1) is 9.42 Å². The Morgan fingerprint density at radius 3 is 0.750 bits per heavy atom. The second-order valence-electron chi connectivity index (χ2n) is 6.24. The molecule has 0 spiro atoms. The molecular formula is C26H20As2. The Morgan fingerprint density at radius 1 is 0.321 bits per heavy atom. The molecule has 0 aliphatic carbocycles. The topological polar surface area (TPSA) is 0 Å². The van der Waals surface area contributed by atoms with Gasteiger partial charge in [0.05, 0.1) is 0 Å². The molecule has 4 aromatic carbocycles. The fourth-order valence-electron chi connectivity index (χ4n) is 2.96. The molecule has 0 aliphatic heterocycles. The van der Waals surface area contributed by atoms with Crippen molar-refractivity contribution in [3.8, 4) is 9.42 Å². The van der Waals surface area contributed by atoms with Gasteiger partial charge in [0.15, 0.2) is 0 Å². The van der Waals surface area contributed by atoms with Crippen molar-refractivity contribution in [2.75, 3.05) is 0 Å². The molecule has 0 nitrogen and oxygen atoms in total. The summed E-state index contributed by atoms with van der Waals surface area (Å²) in [7, 11) is 0. The van der Waals surface area contributed by atoms with Gasteiger partial charge in [-0.15, -0.1) is 0 Å². The first-order valence-electron chi connectivity index (χ1n) is 9.23. The van der Waals surface area contributed by atoms with Crippen molar-refractivity contribution in [3.63, 3.8) is 0 Å². The first-order valence-corrected chi connectivity index (χ1v) is 14.9. The van der Waals surface area contributed by atoms with E-state index in [0.717, 1.165) is 0 Å². The summed E-state index contributed by atoms with van der Waals surface area (Å²) in [4.78, 5) is 0. The zero-order chi connectivity index (χ0) is 19.0. The normalized spacial score (nSPS) is 10.5. The summed E-state index contributed by atoms with van der Waals surface area (Å²) in [5.41, 5.74) is 0. The Labute approximate surface area is 176 Å². The van der Waals surface area contributed by atoms with E-state index in [1.165, 1.54) is 17.4 Å². The van der Waals surface area contributed by atoms with Gasteiger partial charge in [-0.2, -0.15) is 0 Å². The zero-order valence-corrected chi connectivity index (χ0v) is 19.2. The fraction of sp³-hybridized carbons (Fsp3) is 0. The maximum absolute atomic E-state index is 3.81. The summed E-state index contributed by atoms with van der Waals surface area (Å²) in [6, 6.07) is 43.3. The molecule has 0 saturated heterocycles. The van der Waals surface area contributed by atoms with Crippen LogP contribution in [0.4, 0.5) is 0 Å². The minimum atomic E-state index is -1.66. The SMILES string of the molecule is C(#C[As](c1ccccc1)c1ccccc1)[As](c1ccccc1)c1ccccc1. The van der Waals surface area contributed by atoms with Gasteiger partial charge in [-0.25, -0.2) is 0 Å². The Morgan fingerprint density at radius 2 is 0.536 bits per heavy atom. The van der Waals surface area contributed by atoms with Gasteiger partial charge < -0.3 is 0 Å². The summed E-state index contributed by atoms with van der Waals surface area (Å²) in [6.45, 7) is 0. The third kappa shape index (κ3) is 4.69. The van der Waals surface area contributed by atoms with E-state index >= 15 is 0 Å². The van der Waals surface area contributed by atoms with E-state index < -0.39 is 29.3 Å². The summed E-state index contributed by atoms with van der Waals surface area (Å²) in [5, 5.41) is 0. The van der Waals surface area contributed by atoms with Crippen LogP contribution in [0.25, 0.3) is 0 Å². The first-order chi connectivity index (χ1) is 13.9. The van der Waals surface area contributed by atoms with E-state index in [9.17, 15) is 0 Å². The van der Waals surface area contributed by atoms with Crippen molar-refractivity contribution in [1.29, 1.82) is 0 Å². The van der Waals surface area contributed by atoms with E-state index in [2.05, 4.69) is 131 Å². The van der Waals surface area contributed by atoms with E-state index in [0.29, 0.717) is 0 Å². The van der Waals surface area contributed by atoms with Gasteiger partial charge in [-0.05, 0) is 0 Å². The van der Waals surface area contributed by atoms with Crippen LogP contribution in [0.2, 0.25) is 0 Å². The number of benzene rings is 4. The number of rotatable bonds is 4. The van der Waals surface area contributed by atoms with Crippen molar-refractivity contribution < 1.29 is 0 Å². The van der Waals surface area contributed by atoms with E-state index in [1.807, 2.05) is 0 Å². The third-order valence-electron chi connectivity index (χ3n) is 4.33. The molecule has 0 bridgehead atoms. The van der Waals surface area contributed by atoms with Crippen LogP contribution in [-0.2, 0) is 0 Å². The third-order valence-corrected chi connectivity index (χ3v) is 13.4. The van der Waals surface area contributed by atoms with Gasteiger partial charge >= 0.3 is 177 Å². The van der Waals surface area contributed by atoms with Crippen molar-refractivity contribution in [2.45, 2.75) is 0 Å². The van der Waals surface area contributed by atoms with Crippen LogP contribution < -0.4 is 17.4 Å². The molecule has 4 aromatic rings. The molecule has 0 fully saturated rings. The molecule has 0 aliphatic rings. The Hall–Kier alpha value is -2.44. The van der Waals surface area contributed by atoms with Crippen LogP contribution in [0.15, 0.2) is 121 Å². The van der Waals surface area contributed by atoms with E-state index in [1.54, 1.807) is 0 Å². The molecule has 0 N–H and O–H groups in total. The average molecular weight is 482 g/mol. The molecule has 134 valence electrons. The monoisotopic (exact) mass is 482 g/mol. The predicted molar refractivity (Wildman–Crippen MR) is 124 cm³/mol. The van der Waals surface area contributed by atoms with Crippen LogP contribution in [0.5, 0.6) is 0 Å². The molecule has 0 saturated carbocycles. The van der Waals surface area contributed by atoms with Crippen molar-refractivity contribution in [3.05, 3.63) is 121 Å². The van der Waals surface area contributed by atoms with Crippen molar-refractivity contribution in [1.82, 2.24) is 0 Å². The molecule has 0 unspecified atom stereocenters. The number of hydrogen-bond donors (Lipinski definition) is 0. The van der Waals surface area contributed by atoms with Gasteiger partial charge in [0, 0.05) is 0 Å². The summed E-state index contributed by atoms with van der Waals surface area (Å²) in [6.07, 6.45) is 0. The van der Waals surface area contributed by atoms with Crippen molar-refractivity contribution in [2.24, 2.45) is 0 Å². The molecule has 0 amide bonds. The van der Waals surface area contributed by atoms with Gasteiger partial charge in [0.1, 0.15) is 0 Å². The summed E-state index contributed by atoms with van der Waals surface area (Å²) in [5.74, 6) is 0. The van der Waals surface area contributed by atoms with Crippen molar-refractivity contribution >= 4 is 46.7 Å². The van der Waals surface area contributed by atoms with E-state index in [4.69, 9.17) is 0 Å². The summed E-state index contributed by atoms with van der Waals surface area (Å²) >= 11 is -3.32. The standard InChI is InChI=1S/C26H20As2/c1-5-13-23(14-6-1)27(24-15-7-2-8-16-24)21-22-28(25-17-9-3-10-18-25)26-19-11-4-12-20-26/h1-20H. The molecular weight excluding hydrogens is 462 g/mol. The molecule has 0 aromatic heterocycles. The van der Waals surface area contributed by atoms with Crippen LogP contribution >= 0.6 is 0 Å². The molecule has 2 heteroatoms. The zero-order valence-electron chi connectivity index (χ0n) is 15.4. The van der Waals surface area contributed by atoms with Gasteiger partial charge in [-0.1, -0.05) is 0 Å².